The molecule has 0 unspecified atom stereocenters. The Morgan fingerprint density at radius 2 is 1.84 bits per heavy atom. The zero-order chi connectivity index (χ0) is 22.4. The van der Waals surface area contributed by atoms with E-state index in [2.05, 4.69) is 20.5 Å². The van der Waals surface area contributed by atoms with Crippen molar-refractivity contribution in [2.24, 2.45) is 0 Å². The predicted molar refractivity (Wildman–Crippen MR) is 122 cm³/mol. The number of sulfonamides is 1. The Bertz CT molecular complexity index is 1130. The first kappa shape index (κ1) is 23.0. The SMILES string of the molecule is CCN(CC)S(=O)(=O)c1cc(NC(=O)c2ccc(CSc3ncn[nH]3)cc2)ccc1C. The summed E-state index contributed by atoms with van der Waals surface area (Å²) < 4.78 is 27.2. The van der Waals surface area contributed by atoms with Gasteiger partial charge >= 0.3 is 0 Å². The first-order valence-corrected chi connectivity index (χ1v) is 12.3. The summed E-state index contributed by atoms with van der Waals surface area (Å²) in [6, 6.07) is 12.2. The van der Waals surface area contributed by atoms with Crippen LogP contribution in [-0.4, -0.2) is 46.9 Å². The van der Waals surface area contributed by atoms with Crippen molar-refractivity contribution in [3.63, 3.8) is 0 Å². The zero-order valence-electron chi connectivity index (χ0n) is 17.6. The van der Waals surface area contributed by atoms with E-state index in [0.29, 0.717) is 35.7 Å². The average Bonchev–Trinajstić information content (AvgIpc) is 3.28. The molecule has 0 atom stereocenters. The molecule has 1 aromatic heterocycles. The van der Waals surface area contributed by atoms with Crippen LogP contribution in [0.1, 0.15) is 35.3 Å². The van der Waals surface area contributed by atoms with Gasteiger partial charge in [-0.25, -0.2) is 13.4 Å². The normalized spacial score (nSPS) is 11.6. The van der Waals surface area contributed by atoms with Crippen LogP contribution in [0.3, 0.4) is 0 Å². The minimum atomic E-state index is -3.62. The van der Waals surface area contributed by atoms with Gasteiger partial charge < -0.3 is 5.32 Å². The zero-order valence-corrected chi connectivity index (χ0v) is 19.3. The fourth-order valence-electron chi connectivity index (χ4n) is 3.03. The van der Waals surface area contributed by atoms with Crippen molar-refractivity contribution in [3.05, 3.63) is 65.5 Å². The lowest BCUT2D eigenvalue weighted by atomic mass is 10.1. The first-order chi connectivity index (χ1) is 14.8. The molecule has 0 aliphatic rings. The van der Waals surface area contributed by atoms with E-state index in [9.17, 15) is 13.2 Å². The molecule has 0 radical (unpaired) electrons. The molecule has 10 heteroatoms. The van der Waals surface area contributed by atoms with Crippen LogP contribution in [0.5, 0.6) is 0 Å². The number of nitrogens with one attached hydrogen (secondary N) is 2. The molecule has 3 aromatic rings. The van der Waals surface area contributed by atoms with E-state index < -0.39 is 10.0 Å². The van der Waals surface area contributed by atoms with Gasteiger partial charge in [0.2, 0.25) is 10.0 Å². The number of carbonyl (C=O) groups is 1. The number of hydrogen-bond donors (Lipinski definition) is 2. The van der Waals surface area contributed by atoms with Crippen LogP contribution >= 0.6 is 11.8 Å². The topological polar surface area (TPSA) is 108 Å². The molecular formula is C21H25N5O3S2. The Labute approximate surface area is 186 Å². The van der Waals surface area contributed by atoms with Gasteiger partial charge in [0.25, 0.3) is 5.91 Å². The summed E-state index contributed by atoms with van der Waals surface area (Å²) in [5.41, 5.74) is 2.60. The highest BCUT2D eigenvalue weighted by Crippen LogP contribution is 2.24. The van der Waals surface area contributed by atoms with Gasteiger partial charge in [-0.1, -0.05) is 43.8 Å². The Morgan fingerprint density at radius 1 is 1.13 bits per heavy atom. The van der Waals surface area contributed by atoms with Crippen LogP contribution < -0.4 is 5.32 Å². The number of thioether (sulfide) groups is 1. The molecule has 164 valence electrons. The number of nitrogens with zero attached hydrogens (tertiary/aromatic N) is 3. The van der Waals surface area contributed by atoms with Gasteiger partial charge in [0.15, 0.2) is 5.16 Å². The number of rotatable bonds is 9. The minimum Gasteiger partial charge on any atom is -0.322 e. The predicted octanol–water partition coefficient (Wildman–Crippen LogP) is 3.69. The molecule has 0 aliphatic carbocycles. The summed E-state index contributed by atoms with van der Waals surface area (Å²) in [4.78, 5) is 16.9. The van der Waals surface area contributed by atoms with Crippen LogP contribution in [0.25, 0.3) is 0 Å². The molecule has 0 aliphatic heterocycles. The standard InChI is InChI=1S/C21H25N5O3S2/c1-4-26(5-2)31(28,29)19-12-18(11-6-15(19)3)24-20(27)17-9-7-16(8-10-17)13-30-21-22-14-23-25-21/h6-12,14H,4-5,13H2,1-3H3,(H,24,27)(H,22,23,25). The van der Waals surface area contributed by atoms with Gasteiger partial charge in [0.05, 0.1) is 4.90 Å². The van der Waals surface area contributed by atoms with Crippen LogP contribution in [0, 0.1) is 6.92 Å². The first-order valence-electron chi connectivity index (χ1n) is 9.84. The van der Waals surface area contributed by atoms with Crippen molar-refractivity contribution in [1.29, 1.82) is 0 Å². The summed E-state index contributed by atoms with van der Waals surface area (Å²) in [5.74, 6) is 0.395. The van der Waals surface area contributed by atoms with Crippen molar-refractivity contribution in [3.8, 4) is 0 Å². The van der Waals surface area contributed by atoms with Gasteiger partial charge in [-0.2, -0.15) is 9.40 Å². The van der Waals surface area contributed by atoms with Gasteiger partial charge in [-0.05, 0) is 42.3 Å². The molecule has 0 spiro atoms. The van der Waals surface area contributed by atoms with E-state index in [1.165, 1.54) is 28.5 Å². The molecule has 31 heavy (non-hydrogen) atoms. The average molecular weight is 460 g/mol. The van der Waals surface area contributed by atoms with Crippen molar-refractivity contribution < 1.29 is 13.2 Å². The van der Waals surface area contributed by atoms with Gasteiger partial charge in [-0.15, -0.1) is 0 Å². The largest absolute Gasteiger partial charge is 0.322 e. The summed E-state index contributed by atoms with van der Waals surface area (Å²) in [6.07, 6.45) is 1.46. The second-order valence-corrected chi connectivity index (χ2v) is 9.67. The van der Waals surface area contributed by atoms with Crippen LogP contribution in [-0.2, 0) is 15.8 Å². The Kier molecular flexibility index (Phi) is 7.47. The number of hydrogen-bond acceptors (Lipinski definition) is 6. The highest BCUT2D eigenvalue weighted by atomic mass is 32.2. The summed E-state index contributed by atoms with van der Waals surface area (Å²) >= 11 is 1.52. The number of aromatic nitrogens is 3. The smallest absolute Gasteiger partial charge is 0.255 e. The van der Waals surface area contributed by atoms with Gasteiger partial charge in [0.1, 0.15) is 6.33 Å². The third-order valence-corrected chi connectivity index (χ3v) is 7.89. The maximum Gasteiger partial charge on any atom is 0.255 e. The number of aromatic amines is 1. The molecule has 2 aromatic carbocycles. The van der Waals surface area contributed by atoms with E-state index in [4.69, 9.17) is 0 Å². The molecule has 2 N–H and O–H groups in total. The molecule has 0 saturated carbocycles. The van der Waals surface area contributed by atoms with Crippen LogP contribution in [0.2, 0.25) is 0 Å². The quantitative estimate of drug-likeness (QED) is 0.473. The second-order valence-electron chi connectivity index (χ2n) is 6.80. The number of amides is 1. The third-order valence-electron chi connectivity index (χ3n) is 4.75. The molecule has 0 saturated heterocycles. The number of H-pyrrole nitrogens is 1. The van der Waals surface area contributed by atoms with Crippen molar-refractivity contribution in [2.75, 3.05) is 18.4 Å². The van der Waals surface area contributed by atoms with E-state index >= 15 is 0 Å². The van der Waals surface area contributed by atoms with Crippen LogP contribution in [0.15, 0.2) is 58.8 Å². The number of anilines is 1. The highest BCUT2D eigenvalue weighted by Gasteiger charge is 2.24. The van der Waals surface area contributed by atoms with Crippen molar-refractivity contribution >= 4 is 33.4 Å². The molecule has 8 nitrogen and oxygen atoms in total. The number of aryl methyl sites for hydroxylation is 1. The Hall–Kier alpha value is -2.69. The highest BCUT2D eigenvalue weighted by molar-refractivity contribution is 7.98. The summed E-state index contributed by atoms with van der Waals surface area (Å²) in [5, 5.41) is 10.1. The molecule has 0 fully saturated rings. The van der Waals surface area contributed by atoms with Crippen molar-refractivity contribution in [2.45, 2.75) is 36.6 Å². The number of carbonyl (C=O) groups excluding carboxylic acids is 1. The Balaban J connectivity index is 1.71. The van der Waals surface area contributed by atoms with E-state index in [0.717, 1.165) is 10.7 Å². The molecular weight excluding hydrogens is 434 g/mol. The fourth-order valence-corrected chi connectivity index (χ4v) is 5.47. The Morgan fingerprint density at radius 3 is 2.45 bits per heavy atom. The molecule has 1 amide bonds. The summed E-state index contributed by atoms with van der Waals surface area (Å²) in [7, 11) is -3.62. The van der Waals surface area contributed by atoms with Gasteiger partial charge in [-0.3, -0.25) is 9.89 Å². The maximum absolute atomic E-state index is 12.9. The molecule has 1 heterocycles. The lowest BCUT2D eigenvalue weighted by Crippen LogP contribution is -2.31. The lowest BCUT2D eigenvalue weighted by molar-refractivity contribution is 0.102. The fraction of sp³-hybridized carbons (Fsp3) is 0.286. The van der Waals surface area contributed by atoms with Gasteiger partial charge in [0, 0.05) is 30.1 Å². The van der Waals surface area contributed by atoms with Crippen molar-refractivity contribution in [1.82, 2.24) is 19.5 Å². The third kappa shape index (κ3) is 5.52. The van der Waals surface area contributed by atoms with E-state index in [1.54, 1.807) is 45.0 Å². The number of benzene rings is 2. The molecule has 0 bridgehead atoms. The second kappa shape index (κ2) is 10.1. The molecule has 3 rings (SSSR count). The minimum absolute atomic E-state index is 0.203. The lowest BCUT2D eigenvalue weighted by Gasteiger charge is -2.20. The van der Waals surface area contributed by atoms with E-state index in [-0.39, 0.29) is 10.8 Å². The van der Waals surface area contributed by atoms with E-state index in [1.807, 2.05) is 12.1 Å². The van der Waals surface area contributed by atoms with Crippen LogP contribution in [0.4, 0.5) is 5.69 Å². The monoisotopic (exact) mass is 459 g/mol. The summed E-state index contributed by atoms with van der Waals surface area (Å²) in [6.45, 7) is 6.12. The maximum atomic E-state index is 12.9.